The summed E-state index contributed by atoms with van der Waals surface area (Å²) in [6, 6.07) is 17.6. The lowest BCUT2D eigenvalue weighted by Crippen LogP contribution is -2.36. The van der Waals surface area contributed by atoms with Gasteiger partial charge in [-0.05, 0) is 24.3 Å². The second-order valence-electron chi connectivity index (χ2n) is 6.68. The Kier molecular flexibility index (Phi) is 5.68. The van der Waals surface area contributed by atoms with Gasteiger partial charge in [0, 0.05) is 31.5 Å². The molecule has 2 aromatic heterocycles. The van der Waals surface area contributed by atoms with Gasteiger partial charge in [0.05, 0.1) is 25.1 Å². The molecule has 1 saturated heterocycles. The van der Waals surface area contributed by atoms with Gasteiger partial charge in [-0.2, -0.15) is 0 Å². The normalized spacial score (nSPS) is 14.1. The zero-order chi connectivity index (χ0) is 19.2. The Hall–Kier alpha value is -3.12. The van der Waals surface area contributed by atoms with Crippen LogP contribution in [-0.2, 0) is 16.0 Å². The Balaban J connectivity index is 1.28. The first-order chi connectivity index (χ1) is 13.8. The van der Waals surface area contributed by atoms with E-state index in [2.05, 4.69) is 15.2 Å². The summed E-state index contributed by atoms with van der Waals surface area (Å²) in [5, 5.41) is 2.85. The van der Waals surface area contributed by atoms with Crippen LogP contribution in [0.15, 0.2) is 65.2 Å². The number of aromatic nitrogens is 1. The first-order valence-electron chi connectivity index (χ1n) is 9.51. The molecule has 6 nitrogen and oxygen atoms in total. The van der Waals surface area contributed by atoms with Gasteiger partial charge in [0.15, 0.2) is 0 Å². The number of nitrogens with one attached hydrogen (secondary N) is 1. The van der Waals surface area contributed by atoms with Crippen molar-refractivity contribution in [1.29, 1.82) is 0 Å². The average Bonchev–Trinajstić information content (AvgIpc) is 3.23. The van der Waals surface area contributed by atoms with Crippen molar-refractivity contribution in [1.82, 2.24) is 4.98 Å². The van der Waals surface area contributed by atoms with Gasteiger partial charge in [-0.3, -0.25) is 4.79 Å². The van der Waals surface area contributed by atoms with Crippen LogP contribution in [-0.4, -0.2) is 37.2 Å². The molecule has 0 bridgehead atoms. The molecule has 3 heterocycles. The molecular formula is C22H23N3O3. The van der Waals surface area contributed by atoms with E-state index in [1.807, 2.05) is 54.6 Å². The Bertz CT molecular complexity index is 900. The number of morpholine rings is 1. The maximum Gasteiger partial charge on any atom is 0.225 e. The zero-order valence-electron chi connectivity index (χ0n) is 15.6. The smallest absolute Gasteiger partial charge is 0.225 e. The summed E-state index contributed by atoms with van der Waals surface area (Å²) in [6.07, 6.45) is 2.68. The molecule has 0 saturated carbocycles. The van der Waals surface area contributed by atoms with Gasteiger partial charge in [-0.1, -0.05) is 30.3 Å². The number of benzene rings is 1. The van der Waals surface area contributed by atoms with E-state index in [-0.39, 0.29) is 5.91 Å². The Morgan fingerprint density at radius 3 is 2.61 bits per heavy atom. The fourth-order valence-corrected chi connectivity index (χ4v) is 3.18. The molecule has 0 spiro atoms. The van der Waals surface area contributed by atoms with Crippen molar-refractivity contribution in [2.45, 2.75) is 12.8 Å². The number of carbonyl (C=O) groups excluding carboxylic acids is 1. The fraction of sp³-hybridized carbons (Fsp3) is 0.273. The van der Waals surface area contributed by atoms with Crippen LogP contribution in [0.2, 0.25) is 0 Å². The maximum absolute atomic E-state index is 12.2. The van der Waals surface area contributed by atoms with Gasteiger partial charge in [0.25, 0.3) is 0 Å². The standard InChI is InChI=1S/C22H23N3O3/c26-22(11-8-19-7-9-20(28-19)17-4-2-1-3-5-17)24-21-10-6-18(16-23-21)25-12-14-27-15-13-25/h1-7,9-10,16H,8,11-15H2,(H,23,24,26). The predicted molar refractivity (Wildman–Crippen MR) is 108 cm³/mol. The summed E-state index contributed by atoms with van der Waals surface area (Å²) in [5.41, 5.74) is 2.08. The fourth-order valence-electron chi connectivity index (χ4n) is 3.18. The molecule has 28 heavy (non-hydrogen) atoms. The Morgan fingerprint density at radius 2 is 1.86 bits per heavy atom. The molecule has 0 radical (unpaired) electrons. The number of ether oxygens (including phenoxy) is 1. The molecule has 1 aliphatic rings. The zero-order valence-corrected chi connectivity index (χ0v) is 15.6. The van der Waals surface area contributed by atoms with E-state index in [0.29, 0.717) is 18.7 Å². The van der Waals surface area contributed by atoms with Crippen molar-refractivity contribution in [3.05, 3.63) is 66.6 Å². The number of hydrogen-bond acceptors (Lipinski definition) is 5. The van der Waals surface area contributed by atoms with Gasteiger partial charge < -0.3 is 19.4 Å². The van der Waals surface area contributed by atoms with E-state index in [9.17, 15) is 4.79 Å². The molecule has 4 rings (SSSR count). The summed E-state index contributed by atoms with van der Waals surface area (Å²) in [5.74, 6) is 2.09. The SMILES string of the molecule is O=C(CCc1ccc(-c2ccccc2)o1)Nc1ccc(N2CCOCC2)cn1. The number of amides is 1. The van der Waals surface area contributed by atoms with Crippen LogP contribution in [0.3, 0.4) is 0 Å². The molecule has 0 unspecified atom stereocenters. The second kappa shape index (κ2) is 8.71. The number of nitrogens with zero attached hydrogens (tertiary/aromatic N) is 2. The third kappa shape index (κ3) is 4.58. The molecule has 1 fully saturated rings. The van der Waals surface area contributed by atoms with Gasteiger partial charge in [0.1, 0.15) is 17.3 Å². The minimum Gasteiger partial charge on any atom is -0.461 e. The van der Waals surface area contributed by atoms with Crippen molar-refractivity contribution in [3.63, 3.8) is 0 Å². The largest absolute Gasteiger partial charge is 0.461 e. The van der Waals surface area contributed by atoms with Gasteiger partial charge >= 0.3 is 0 Å². The van der Waals surface area contributed by atoms with Crippen LogP contribution in [0.4, 0.5) is 11.5 Å². The number of aryl methyl sites for hydroxylation is 1. The summed E-state index contributed by atoms with van der Waals surface area (Å²) >= 11 is 0. The summed E-state index contributed by atoms with van der Waals surface area (Å²) in [6.45, 7) is 3.19. The summed E-state index contributed by atoms with van der Waals surface area (Å²) < 4.78 is 11.2. The highest BCUT2D eigenvalue weighted by Gasteiger charge is 2.12. The van der Waals surface area contributed by atoms with Crippen LogP contribution in [0.1, 0.15) is 12.2 Å². The molecule has 144 valence electrons. The lowest BCUT2D eigenvalue weighted by molar-refractivity contribution is -0.116. The number of hydrogen-bond donors (Lipinski definition) is 1. The minimum absolute atomic E-state index is 0.0794. The Morgan fingerprint density at radius 1 is 1.04 bits per heavy atom. The highest BCUT2D eigenvalue weighted by atomic mass is 16.5. The van der Waals surface area contributed by atoms with Crippen molar-refractivity contribution < 1.29 is 13.9 Å². The van der Waals surface area contributed by atoms with Crippen molar-refractivity contribution >= 4 is 17.4 Å². The first-order valence-corrected chi connectivity index (χ1v) is 9.51. The van der Waals surface area contributed by atoms with Crippen LogP contribution < -0.4 is 10.2 Å². The minimum atomic E-state index is -0.0794. The maximum atomic E-state index is 12.2. The monoisotopic (exact) mass is 377 g/mol. The van der Waals surface area contributed by atoms with Crippen LogP contribution in [0.25, 0.3) is 11.3 Å². The first kappa shape index (κ1) is 18.3. The lowest BCUT2D eigenvalue weighted by atomic mass is 10.2. The molecule has 1 N–H and O–H groups in total. The van der Waals surface area contributed by atoms with E-state index in [1.165, 1.54) is 0 Å². The van der Waals surface area contributed by atoms with Crippen LogP contribution in [0, 0.1) is 0 Å². The predicted octanol–water partition coefficient (Wildman–Crippen LogP) is 3.75. The molecule has 1 amide bonds. The number of anilines is 2. The molecule has 0 atom stereocenters. The molecule has 6 heteroatoms. The van der Waals surface area contributed by atoms with E-state index in [0.717, 1.165) is 49.1 Å². The van der Waals surface area contributed by atoms with E-state index in [4.69, 9.17) is 9.15 Å². The highest BCUT2D eigenvalue weighted by molar-refractivity contribution is 5.89. The van der Waals surface area contributed by atoms with E-state index < -0.39 is 0 Å². The molecule has 0 aliphatic carbocycles. The Labute approximate surface area is 164 Å². The third-order valence-electron chi connectivity index (χ3n) is 4.71. The van der Waals surface area contributed by atoms with Gasteiger partial charge in [-0.25, -0.2) is 4.98 Å². The summed E-state index contributed by atoms with van der Waals surface area (Å²) in [7, 11) is 0. The lowest BCUT2D eigenvalue weighted by Gasteiger charge is -2.28. The molecule has 1 aliphatic heterocycles. The molecular weight excluding hydrogens is 354 g/mol. The van der Waals surface area contributed by atoms with Crippen molar-refractivity contribution in [2.24, 2.45) is 0 Å². The molecule has 1 aromatic carbocycles. The molecule has 3 aromatic rings. The van der Waals surface area contributed by atoms with Gasteiger partial charge in [0.2, 0.25) is 5.91 Å². The topological polar surface area (TPSA) is 67.6 Å². The average molecular weight is 377 g/mol. The van der Waals surface area contributed by atoms with Crippen molar-refractivity contribution in [2.75, 3.05) is 36.5 Å². The number of carbonyl (C=O) groups is 1. The van der Waals surface area contributed by atoms with Gasteiger partial charge in [-0.15, -0.1) is 0 Å². The third-order valence-corrected chi connectivity index (χ3v) is 4.71. The number of pyridine rings is 1. The number of furan rings is 1. The second-order valence-corrected chi connectivity index (χ2v) is 6.68. The highest BCUT2D eigenvalue weighted by Crippen LogP contribution is 2.22. The van der Waals surface area contributed by atoms with E-state index >= 15 is 0 Å². The number of rotatable bonds is 6. The quantitative estimate of drug-likeness (QED) is 0.709. The van der Waals surface area contributed by atoms with E-state index in [1.54, 1.807) is 6.20 Å². The summed E-state index contributed by atoms with van der Waals surface area (Å²) in [4.78, 5) is 18.8. The van der Waals surface area contributed by atoms with Crippen molar-refractivity contribution in [3.8, 4) is 11.3 Å². The van der Waals surface area contributed by atoms with Crippen LogP contribution >= 0.6 is 0 Å². The van der Waals surface area contributed by atoms with Crippen LogP contribution in [0.5, 0.6) is 0 Å².